The number of carbonyl (C=O) groups is 1. The first-order valence-electron chi connectivity index (χ1n) is 6.78. The maximum atomic E-state index is 12.1. The Hall–Kier alpha value is -1.02. The summed E-state index contributed by atoms with van der Waals surface area (Å²) in [5.41, 5.74) is 1.41. The van der Waals surface area contributed by atoms with Crippen molar-refractivity contribution in [2.45, 2.75) is 24.7 Å². The Morgan fingerprint density at radius 2 is 2.09 bits per heavy atom. The van der Waals surface area contributed by atoms with Crippen LogP contribution in [-0.2, 0) is 11.2 Å². The maximum absolute atomic E-state index is 12.1. The average molecular weight is 371 g/mol. The molecular weight excluding hydrogens is 356 g/mol. The number of benzene rings is 1. The van der Waals surface area contributed by atoms with Crippen LogP contribution in [0.5, 0.6) is 0 Å². The van der Waals surface area contributed by atoms with Crippen molar-refractivity contribution < 1.29 is 23.1 Å². The summed E-state index contributed by atoms with van der Waals surface area (Å²) in [5.74, 6) is -0.779. The second-order valence-corrected chi connectivity index (χ2v) is 6.32. The van der Waals surface area contributed by atoms with Crippen LogP contribution in [0.25, 0.3) is 0 Å². The van der Waals surface area contributed by atoms with Crippen molar-refractivity contribution in [2.75, 3.05) is 20.1 Å². The number of fused-ring (bicyclic) bond motifs is 1. The number of aliphatic hydroxyl groups excluding tert-OH is 1. The first-order valence-corrected chi connectivity index (χ1v) is 7.53. The quantitative estimate of drug-likeness (QED) is 0.856. The number of nitrogens with one attached hydrogen (secondary N) is 1. The van der Waals surface area contributed by atoms with Gasteiger partial charge in [-0.05, 0) is 30.3 Å². The van der Waals surface area contributed by atoms with Crippen LogP contribution in [-0.4, -0.2) is 48.3 Å². The van der Waals surface area contributed by atoms with E-state index in [9.17, 15) is 23.1 Å². The van der Waals surface area contributed by atoms with E-state index >= 15 is 0 Å². The molecule has 128 valence electrons. The molecule has 0 fully saturated rings. The summed E-state index contributed by atoms with van der Waals surface area (Å²) in [6.45, 7) is -1.68. The van der Waals surface area contributed by atoms with E-state index in [2.05, 4.69) is 0 Å². The van der Waals surface area contributed by atoms with Crippen molar-refractivity contribution in [1.29, 1.82) is 0 Å². The van der Waals surface area contributed by atoms with Crippen molar-refractivity contribution in [2.24, 2.45) is 0 Å². The molecule has 2 atom stereocenters. The topological polar surface area (TPSA) is 52.6 Å². The van der Waals surface area contributed by atoms with Gasteiger partial charge in [0.25, 0.3) is 0 Å². The number of aliphatic hydroxyl groups is 1. The molecule has 0 saturated carbocycles. The van der Waals surface area contributed by atoms with Crippen LogP contribution < -0.4 is 5.32 Å². The lowest BCUT2D eigenvalue weighted by molar-refractivity contribution is -0.139. The van der Waals surface area contributed by atoms with Gasteiger partial charge < -0.3 is 10.4 Å². The van der Waals surface area contributed by atoms with Gasteiger partial charge in [0, 0.05) is 16.5 Å². The fraction of sp³-hybridized carbons (Fsp3) is 0.500. The fourth-order valence-electron chi connectivity index (χ4n) is 2.74. The van der Waals surface area contributed by atoms with Gasteiger partial charge in [-0.25, -0.2) is 0 Å². The molecule has 23 heavy (non-hydrogen) atoms. The van der Waals surface area contributed by atoms with Crippen molar-refractivity contribution in [3.05, 3.63) is 33.3 Å². The zero-order chi connectivity index (χ0) is 17.4. The minimum Gasteiger partial charge on any atom is -0.391 e. The number of alkyl halides is 3. The molecule has 0 bridgehead atoms. The lowest BCUT2D eigenvalue weighted by Gasteiger charge is -2.27. The van der Waals surface area contributed by atoms with Crippen LogP contribution in [0.3, 0.4) is 0 Å². The number of nitrogens with zero attached hydrogens (tertiary/aromatic N) is 1. The minimum atomic E-state index is -4.46. The van der Waals surface area contributed by atoms with Crippen LogP contribution in [0.15, 0.2) is 12.1 Å². The van der Waals surface area contributed by atoms with Gasteiger partial charge in [0.15, 0.2) is 0 Å². The van der Waals surface area contributed by atoms with E-state index in [1.807, 2.05) is 0 Å². The van der Waals surface area contributed by atoms with Gasteiger partial charge in [-0.3, -0.25) is 9.69 Å². The summed E-state index contributed by atoms with van der Waals surface area (Å²) in [6, 6.07) is 2.65. The van der Waals surface area contributed by atoms with Crippen molar-refractivity contribution in [1.82, 2.24) is 10.2 Å². The van der Waals surface area contributed by atoms with E-state index in [1.165, 1.54) is 4.90 Å². The summed E-state index contributed by atoms with van der Waals surface area (Å²) in [5, 5.41) is 12.8. The second-order valence-electron chi connectivity index (χ2n) is 5.48. The molecule has 0 saturated heterocycles. The minimum absolute atomic E-state index is 0.290. The number of hydrogen-bond donors (Lipinski definition) is 2. The molecule has 0 unspecified atom stereocenters. The molecule has 1 aliphatic rings. The largest absolute Gasteiger partial charge is 0.405 e. The smallest absolute Gasteiger partial charge is 0.391 e. The Morgan fingerprint density at radius 3 is 2.70 bits per heavy atom. The number of amides is 1. The monoisotopic (exact) mass is 370 g/mol. The van der Waals surface area contributed by atoms with E-state index < -0.39 is 30.8 Å². The normalized spacial score (nSPS) is 20.7. The summed E-state index contributed by atoms with van der Waals surface area (Å²) < 4.78 is 36.3. The summed E-state index contributed by atoms with van der Waals surface area (Å²) in [4.78, 5) is 13.1. The van der Waals surface area contributed by atoms with E-state index in [0.29, 0.717) is 22.0 Å². The van der Waals surface area contributed by atoms with Crippen LogP contribution in [0, 0.1) is 0 Å². The van der Waals surface area contributed by atoms with Gasteiger partial charge in [0.05, 0.1) is 18.7 Å². The van der Waals surface area contributed by atoms with Crippen LogP contribution in [0.2, 0.25) is 10.0 Å². The van der Waals surface area contributed by atoms with Gasteiger partial charge in [0.1, 0.15) is 6.54 Å². The standard InChI is InChI=1S/C14H15Cl2F3N2O2/c1-21(5-12(23)20-6-14(17,18)19)13-9-2-7(15)3-10(16)8(9)4-11(13)22/h2-3,11,13,22H,4-6H2,1H3,(H,20,23)/t11-,13-/m1/s1. The highest BCUT2D eigenvalue weighted by molar-refractivity contribution is 6.35. The third kappa shape index (κ3) is 4.50. The van der Waals surface area contributed by atoms with Gasteiger partial charge >= 0.3 is 6.18 Å². The number of carbonyl (C=O) groups excluding carboxylic acids is 1. The van der Waals surface area contributed by atoms with Crippen molar-refractivity contribution in [3.63, 3.8) is 0 Å². The third-order valence-electron chi connectivity index (χ3n) is 3.65. The molecule has 9 heteroatoms. The number of halogens is 5. The van der Waals surface area contributed by atoms with E-state index in [4.69, 9.17) is 23.2 Å². The van der Waals surface area contributed by atoms with Gasteiger partial charge in [-0.2, -0.15) is 13.2 Å². The molecule has 0 heterocycles. The molecule has 4 nitrogen and oxygen atoms in total. The van der Waals surface area contributed by atoms with E-state index in [1.54, 1.807) is 24.5 Å². The Bertz CT molecular complexity index is 610. The molecule has 0 aromatic heterocycles. The van der Waals surface area contributed by atoms with Gasteiger partial charge in [-0.1, -0.05) is 23.2 Å². The Balaban J connectivity index is 2.09. The van der Waals surface area contributed by atoms with Crippen molar-refractivity contribution in [3.8, 4) is 0 Å². The highest BCUT2D eigenvalue weighted by Gasteiger charge is 2.36. The summed E-state index contributed by atoms with van der Waals surface area (Å²) >= 11 is 12.1. The molecule has 2 rings (SSSR count). The molecule has 0 aliphatic heterocycles. The zero-order valence-electron chi connectivity index (χ0n) is 12.1. The highest BCUT2D eigenvalue weighted by Crippen LogP contribution is 2.40. The summed E-state index contributed by atoms with van der Waals surface area (Å²) in [6.07, 6.45) is -4.99. The zero-order valence-corrected chi connectivity index (χ0v) is 13.6. The first kappa shape index (κ1) is 18.3. The molecule has 0 spiro atoms. The first-order chi connectivity index (χ1) is 10.6. The van der Waals surface area contributed by atoms with Crippen LogP contribution in [0.4, 0.5) is 13.2 Å². The summed E-state index contributed by atoms with van der Waals surface area (Å²) in [7, 11) is 1.55. The van der Waals surface area contributed by atoms with Crippen molar-refractivity contribution >= 4 is 29.1 Å². The average Bonchev–Trinajstić information content (AvgIpc) is 2.72. The molecule has 1 amide bonds. The maximum Gasteiger partial charge on any atom is 0.405 e. The number of rotatable bonds is 4. The molecular formula is C14H15Cl2F3N2O2. The lowest BCUT2D eigenvalue weighted by Crippen LogP contribution is -2.42. The third-order valence-corrected chi connectivity index (χ3v) is 4.20. The number of hydrogen-bond acceptors (Lipinski definition) is 3. The predicted molar refractivity (Wildman–Crippen MR) is 80.6 cm³/mol. The van der Waals surface area contributed by atoms with Gasteiger partial charge in [-0.15, -0.1) is 0 Å². The molecule has 0 radical (unpaired) electrons. The number of likely N-dealkylation sites (N-methyl/N-ethyl adjacent to an activating group) is 1. The molecule has 2 N–H and O–H groups in total. The molecule has 1 aromatic rings. The van der Waals surface area contributed by atoms with Crippen LogP contribution in [0.1, 0.15) is 17.2 Å². The predicted octanol–water partition coefficient (Wildman–Crippen LogP) is 2.56. The Kier molecular flexibility index (Phi) is 5.45. The van der Waals surface area contributed by atoms with E-state index in [-0.39, 0.29) is 6.54 Å². The van der Waals surface area contributed by atoms with Gasteiger partial charge in [0.2, 0.25) is 5.91 Å². The molecule has 1 aliphatic carbocycles. The Morgan fingerprint density at radius 1 is 1.43 bits per heavy atom. The molecule has 1 aromatic carbocycles. The SMILES string of the molecule is CN(CC(=O)NCC(F)(F)F)[C@@H]1c2cc(Cl)cc(Cl)c2C[C@H]1O. The van der Waals surface area contributed by atoms with E-state index in [0.717, 1.165) is 5.56 Å². The fourth-order valence-corrected chi connectivity index (χ4v) is 3.33. The highest BCUT2D eigenvalue weighted by atomic mass is 35.5. The second kappa shape index (κ2) is 6.84. The lowest BCUT2D eigenvalue weighted by atomic mass is 10.1. The van der Waals surface area contributed by atoms with Crippen LogP contribution >= 0.6 is 23.2 Å². The Labute approximate surface area is 141 Å².